The number of benzene rings is 2. The molecular weight excluding hydrogens is 454 g/mol. The predicted octanol–water partition coefficient (Wildman–Crippen LogP) is 5.58. The highest BCUT2D eigenvalue weighted by molar-refractivity contribution is 6.44. The highest BCUT2D eigenvalue weighted by Gasteiger charge is 2.24. The lowest BCUT2D eigenvalue weighted by Gasteiger charge is -2.01. The van der Waals surface area contributed by atoms with Crippen LogP contribution in [0.5, 0.6) is 0 Å². The predicted molar refractivity (Wildman–Crippen MR) is 142 cm³/mol. The highest BCUT2D eigenvalue weighted by Crippen LogP contribution is 2.25. The molecule has 2 heterocycles. The molecule has 0 spiro atoms. The summed E-state index contributed by atoms with van der Waals surface area (Å²) in [4.78, 5) is 36.9. The Morgan fingerprint density at radius 2 is 1.28 bits per heavy atom. The Morgan fingerprint density at radius 3 is 1.83 bits per heavy atom. The van der Waals surface area contributed by atoms with Gasteiger partial charge in [-0.05, 0) is 29.8 Å². The largest absolute Gasteiger partial charge is 0.478 e. The molecule has 2 N–H and O–H groups in total. The van der Waals surface area contributed by atoms with Gasteiger partial charge in [-0.15, -0.1) is 0 Å². The zero-order valence-corrected chi connectivity index (χ0v) is 19.3. The minimum atomic E-state index is -1.11. The quantitative estimate of drug-likeness (QED) is 0.279. The van der Waals surface area contributed by atoms with Crippen molar-refractivity contribution in [1.82, 2.24) is 0 Å². The second-order valence-corrected chi connectivity index (χ2v) is 7.86. The Balaban J connectivity index is 1.49. The van der Waals surface area contributed by atoms with Crippen LogP contribution in [0.15, 0.2) is 129 Å². The van der Waals surface area contributed by atoms with Crippen molar-refractivity contribution in [3.63, 3.8) is 0 Å². The van der Waals surface area contributed by atoms with Gasteiger partial charge in [-0.25, -0.2) is 9.59 Å². The van der Waals surface area contributed by atoms with Gasteiger partial charge in [0.15, 0.2) is 0 Å². The number of carbonyl (C=O) groups is 2. The molecule has 0 bridgehead atoms. The van der Waals surface area contributed by atoms with Crippen LogP contribution in [0, 0.1) is 0 Å². The summed E-state index contributed by atoms with van der Waals surface area (Å²) in [5.74, 6) is -2.19. The lowest BCUT2D eigenvalue weighted by molar-refractivity contribution is -0.133. The van der Waals surface area contributed by atoms with Gasteiger partial charge in [0.2, 0.25) is 0 Å². The van der Waals surface area contributed by atoms with Crippen molar-refractivity contribution in [3.05, 3.63) is 119 Å². The Bertz CT molecular complexity index is 1300. The normalized spacial score (nSPS) is 16.2. The SMILES string of the molecule is O=C(O)/C(=C\C=C\c1ccccc1)C1=CCC(C2=NC(/C(=C/C=N/c3ccccc3)C(=O)O)=CC2)=N1. The maximum absolute atomic E-state index is 11.8. The molecular formula is C29H23N3O4. The number of hydrogen-bond donors (Lipinski definition) is 2. The van der Waals surface area contributed by atoms with Gasteiger partial charge in [0.05, 0.1) is 39.7 Å². The number of para-hydroxylation sites is 1. The highest BCUT2D eigenvalue weighted by atomic mass is 16.4. The summed E-state index contributed by atoms with van der Waals surface area (Å²) in [5.41, 5.74) is 3.69. The topological polar surface area (TPSA) is 112 Å². The van der Waals surface area contributed by atoms with E-state index < -0.39 is 11.9 Å². The minimum absolute atomic E-state index is 0.0219. The lowest BCUT2D eigenvalue weighted by Crippen LogP contribution is -2.09. The van der Waals surface area contributed by atoms with Crippen molar-refractivity contribution >= 4 is 41.3 Å². The molecule has 0 saturated heterocycles. The van der Waals surface area contributed by atoms with Crippen LogP contribution in [0.2, 0.25) is 0 Å². The van der Waals surface area contributed by atoms with Crippen molar-refractivity contribution in [2.24, 2.45) is 15.0 Å². The van der Waals surface area contributed by atoms with E-state index in [-0.39, 0.29) is 11.1 Å². The summed E-state index contributed by atoms with van der Waals surface area (Å²) in [6.45, 7) is 0. The second-order valence-electron chi connectivity index (χ2n) is 7.86. The molecule has 0 aromatic heterocycles. The van der Waals surface area contributed by atoms with Gasteiger partial charge in [0, 0.05) is 19.1 Å². The van der Waals surface area contributed by atoms with Gasteiger partial charge < -0.3 is 10.2 Å². The van der Waals surface area contributed by atoms with E-state index in [9.17, 15) is 19.8 Å². The number of aliphatic imine (C=N–C) groups is 3. The average molecular weight is 478 g/mol. The molecule has 0 aliphatic carbocycles. The summed E-state index contributed by atoms with van der Waals surface area (Å²) in [6, 6.07) is 18.8. The first-order valence-electron chi connectivity index (χ1n) is 11.3. The first kappa shape index (κ1) is 24.2. The number of hydrogen-bond acceptors (Lipinski definition) is 5. The maximum Gasteiger partial charge on any atom is 0.337 e. The Morgan fingerprint density at radius 1 is 0.750 bits per heavy atom. The van der Waals surface area contributed by atoms with Gasteiger partial charge in [-0.2, -0.15) is 0 Å². The molecule has 0 fully saturated rings. The number of carboxylic acids is 2. The van der Waals surface area contributed by atoms with Crippen molar-refractivity contribution in [1.29, 1.82) is 0 Å². The summed E-state index contributed by atoms with van der Waals surface area (Å²) < 4.78 is 0. The number of carboxylic acid groups (broad SMARTS) is 2. The van der Waals surface area contributed by atoms with Gasteiger partial charge in [-0.1, -0.05) is 72.8 Å². The zero-order chi connectivity index (χ0) is 25.3. The third-order valence-corrected chi connectivity index (χ3v) is 5.41. The Labute approximate surface area is 208 Å². The van der Waals surface area contributed by atoms with Crippen LogP contribution >= 0.6 is 0 Å². The van der Waals surface area contributed by atoms with E-state index in [1.54, 1.807) is 18.2 Å². The molecule has 0 radical (unpaired) electrons. The average Bonchev–Trinajstić information content (AvgIpc) is 3.55. The number of allylic oxidation sites excluding steroid dienone is 5. The maximum atomic E-state index is 11.8. The molecule has 2 aliphatic rings. The Kier molecular flexibility index (Phi) is 7.73. The van der Waals surface area contributed by atoms with E-state index in [2.05, 4.69) is 15.0 Å². The fourth-order valence-electron chi connectivity index (χ4n) is 3.63. The standard InChI is InChI=1S/C29H23N3O4/c33-28(34)22(13-7-10-20-8-3-1-4-9-20)24-14-16-26(31-24)27-17-15-25(32-27)23(29(35)36)18-19-30-21-11-5-2-6-12-21/h1-15,18-19H,16-17H2,(H,33,34)(H,35,36)/b10-7+,22-13-,23-18-,30-19+. The van der Waals surface area contributed by atoms with E-state index in [0.717, 1.165) is 5.56 Å². The fraction of sp³-hybridized carbons (Fsp3) is 0.0690. The van der Waals surface area contributed by atoms with Crippen LogP contribution in [0.1, 0.15) is 18.4 Å². The zero-order valence-electron chi connectivity index (χ0n) is 19.3. The molecule has 0 atom stereocenters. The van der Waals surface area contributed by atoms with Crippen LogP contribution in [-0.4, -0.2) is 39.8 Å². The van der Waals surface area contributed by atoms with Crippen molar-refractivity contribution in [2.75, 3.05) is 0 Å². The van der Waals surface area contributed by atoms with E-state index in [1.165, 1.54) is 18.4 Å². The fourth-order valence-corrected chi connectivity index (χ4v) is 3.63. The number of aliphatic carboxylic acids is 2. The molecule has 7 heteroatoms. The van der Waals surface area contributed by atoms with Crippen LogP contribution in [0.3, 0.4) is 0 Å². The van der Waals surface area contributed by atoms with E-state index in [1.807, 2.05) is 66.7 Å². The van der Waals surface area contributed by atoms with Gasteiger partial charge in [0.25, 0.3) is 0 Å². The lowest BCUT2D eigenvalue weighted by atomic mass is 10.1. The molecule has 0 unspecified atom stereocenters. The molecule has 4 rings (SSSR count). The number of rotatable bonds is 9. The molecule has 178 valence electrons. The molecule has 2 aromatic carbocycles. The van der Waals surface area contributed by atoms with E-state index in [0.29, 0.717) is 41.3 Å². The first-order chi connectivity index (χ1) is 17.5. The summed E-state index contributed by atoms with van der Waals surface area (Å²) in [6.07, 6.45) is 12.2. The second kappa shape index (κ2) is 11.5. The van der Waals surface area contributed by atoms with Crippen molar-refractivity contribution in [2.45, 2.75) is 12.8 Å². The third kappa shape index (κ3) is 6.15. The molecule has 7 nitrogen and oxygen atoms in total. The molecule has 2 aromatic rings. The van der Waals surface area contributed by atoms with Crippen LogP contribution < -0.4 is 0 Å². The van der Waals surface area contributed by atoms with Crippen molar-refractivity contribution in [3.8, 4) is 0 Å². The summed E-state index contributed by atoms with van der Waals surface area (Å²) in [5, 5.41) is 19.3. The number of nitrogens with zero attached hydrogens (tertiary/aromatic N) is 3. The van der Waals surface area contributed by atoms with E-state index >= 15 is 0 Å². The molecule has 0 amide bonds. The van der Waals surface area contributed by atoms with E-state index in [4.69, 9.17) is 0 Å². The van der Waals surface area contributed by atoms with Crippen LogP contribution in [-0.2, 0) is 9.59 Å². The first-order valence-corrected chi connectivity index (χ1v) is 11.3. The van der Waals surface area contributed by atoms with Gasteiger partial charge in [0.1, 0.15) is 0 Å². The van der Waals surface area contributed by atoms with Gasteiger partial charge in [-0.3, -0.25) is 15.0 Å². The molecule has 0 saturated carbocycles. The minimum Gasteiger partial charge on any atom is -0.478 e. The van der Waals surface area contributed by atoms with Crippen molar-refractivity contribution < 1.29 is 19.8 Å². The van der Waals surface area contributed by atoms with Crippen LogP contribution in [0.25, 0.3) is 6.08 Å². The monoisotopic (exact) mass is 477 g/mol. The summed E-state index contributed by atoms with van der Waals surface area (Å²) >= 11 is 0. The summed E-state index contributed by atoms with van der Waals surface area (Å²) in [7, 11) is 0. The Hall–Kier alpha value is -4.91. The van der Waals surface area contributed by atoms with Gasteiger partial charge >= 0.3 is 11.9 Å². The third-order valence-electron chi connectivity index (χ3n) is 5.41. The smallest absolute Gasteiger partial charge is 0.337 e. The molecule has 2 aliphatic heterocycles. The molecule has 36 heavy (non-hydrogen) atoms. The van der Waals surface area contributed by atoms with Crippen LogP contribution in [0.4, 0.5) is 5.69 Å².